The summed E-state index contributed by atoms with van der Waals surface area (Å²) in [6.07, 6.45) is 5.48. The zero-order valence-corrected chi connectivity index (χ0v) is 15.2. The molecule has 0 saturated carbocycles. The van der Waals surface area contributed by atoms with Gasteiger partial charge in [-0.3, -0.25) is 0 Å². The van der Waals surface area contributed by atoms with Gasteiger partial charge in [-0.05, 0) is 63.5 Å². The maximum atomic E-state index is 5.83. The Morgan fingerprint density at radius 1 is 0.778 bits per heavy atom. The summed E-state index contributed by atoms with van der Waals surface area (Å²) in [5.74, 6) is 1.62. The van der Waals surface area contributed by atoms with Crippen LogP contribution in [0.1, 0.15) is 11.1 Å². The largest absolute Gasteiger partial charge is 0.496 e. The van der Waals surface area contributed by atoms with E-state index in [1.165, 1.54) is 10.8 Å². The molecule has 2 nitrogen and oxygen atoms in total. The molecule has 4 aromatic rings. The van der Waals surface area contributed by atoms with Crippen LogP contribution in [0, 0.1) is 0 Å². The maximum absolute atomic E-state index is 5.83. The zero-order chi connectivity index (χ0) is 18.6. The lowest BCUT2D eigenvalue weighted by molar-refractivity contribution is 0.414. The van der Waals surface area contributed by atoms with E-state index in [0.717, 1.165) is 33.4 Å². The normalized spacial score (nSPS) is 11.1. The van der Waals surface area contributed by atoms with Crippen LogP contribution in [0.4, 0.5) is 0 Å². The maximum Gasteiger partial charge on any atom is 0.127 e. The van der Waals surface area contributed by atoms with Crippen LogP contribution < -0.4 is 9.47 Å². The summed E-state index contributed by atoms with van der Waals surface area (Å²) < 4.78 is 11.4. The number of benzene rings is 4. The Bertz CT molecular complexity index is 1160. The van der Waals surface area contributed by atoms with Gasteiger partial charge in [0.25, 0.3) is 0 Å². The lowest BCUT2D eigenvalue weighted by Crippen LogP contribution is -1.89. The van der Waals surface area contributed by atoms with Gasteiger partial charge in [-0.25, -0.2) is 0 Å². The Kier molecular flexibility index (Phi) is 4.63. The van der Waals surface area contributed by atoms with Crippen molar-refractivity contribution in [3.8, 4) is 11.5 Å². The van der Waals surface area contributed by atoms with Crippen LogP contribution in [0.15, 0.2) is 85.6 Å². The summed E-state index contributed by atoms with van der Waals surface area (Å²) in [6.45, 7) is 3.81. The highest BCUT2D eigenvalue weighted by atomic mass is 16.5. The quantitative estimate of drug-likeness (QED) is 0.372. The second kappa shape index (κ2) is 7.38. The molecule has 4 aromatic carbocycles. The topological polar surface area (TPSA) is 18.5 Å². The van der Waals surface area contributed by atoms with Crippen LogP contribution >= 0.6 is 0 Å². The zero-order valence-electron chi connectivity index (χ0n) is 15.2. The van der Waals surface area contributed by atoms with E-state index < -0.39 is 0 Å². The summed E-state index contributed by atoms with van der Waals surface area (Å²) in [5.41, 5.74) is 2.09. The average molecular weight is 352 g/mol. The summed E-state index contributed by atoms with van der Waals surface area (Å²) >= 11 is 0. The fourth-order valence-electron chi connectivity index (χ4n) is 3.17. The predicted molar refractivity (Wildman–Crippen MR) is 114 cm³/mol. The van der Waals surface area contributed by atoms with Gasteiger partial charge >= 0.3 is 0 Å². The van der Waals surface area contributed by atoms with Gasteiger partial charge in [-0.1, -0.05) is 55.1 Å². The average Bonchev–Trinajstić information content (AvgIpc) is 2.72. The minimum atomic E-state index is 0.796. The first-order valence-corrected chi connectivity index (χ1v) is 8.83. The van der Waals surface area contributed by atoms with Crippen molar-refractivity contribution in [1.82, 2.24) is 0 Å². The fraction of sp³-hybridized carbons (Fsp3) is 0.0400. The van der Waals surface area contributed by atoms with Crippen LogP contribution in [0.2, 0.25) is 0 Å². The Morgan fingerprint density at radius 3 is 2.26 bits per heavy atom. The lowest BCUT2D eigenvalue weighted by atomic mass is 10.1. The SMILES string of the molecule is C=Cc1ccc2cc(O/C=C/c3cc4ccccc4cc3OC)ccc2c1. The molecule has 0 amide bonds. The number of methoxy groups -OCH3 is 1. The predicted octanol–water partition coefficient (Wildman–Crippen LogP) is 6.69. The van der Waals surface area contributed by atoms with Crippen molar-refractivity contribution in [2.75, 3.05) is 7.11 Å². The Hall–Kier alpha value is -3.52. The van der Waals surface area contributed by atoms with Crippen LogP contribution in [-0.2, 0) is 0 Å². The molecule has 0 N–H and O–H groups in total. The molecule has 0 aromatic heterocycles. The van der Waals surface area contributed by atoms with E-state index in [1.807, 2.05) is 42.5 Å². The summed E-state index contributed by atoms with van der Waals surface area (Å²) in [6, 6.07) is 24.7. The van der Waals surface area contributed by atoms with Crippen LogP contribution in [0.5, 0.6) is 11.5 Å². The summed E-state index contributed by atoms with van der Waals surface area (Å²) in [5, 5.41) is 4.62. The molecular formula is C25H20O2. The number of fused-ring (bicyclic) bond motifs is 2. The van der Waals surface area contributed by atoms with Crippen molar-refractivity contribution < 1.29 is 9.47 Å². The monoisotopic (exact) mass is 352 g/mol. The van der Waals surface area contributed by atoms with Crippen LogP contribution in [0.25, 0.3) is 33.7 Å². The molecule has 0 heterocycles. The van der Waals surface area contributed by atoms with Gasteiger partial charge in [0.05, 0.1) is 13.4 Å². The van der Waals surface area contributed by atoms with E-state index in [9.17, 15) is 0 Å². The summed E-state index contributed by atoms with van der Waals surface area (Å²) in [4.78, 5) is 0. The van der Waals surface area contributed by atoms with E-state index in [1.54, 1.807) is 13.4 Å². The second-order valence-electron chi connectivity index (χ2n) is 6.33. The number of ether oxygens (including phenoxy) is 2. The molecule has 0 fully saturated rings. The van der Waals surface area contributed by atoms with Gasteiger partial charge in [0.1, 0.15) is 11.5 Å². The van der Waals surface area contributed by atoms with Gasteiger partial charge in [-0.2, -0.15) is 0 Å². The smallest absolute Gasteiger partial charge is 0.127 e. The Morgan fingerprint density at radius 2 is 1.48 bits per heavy atom. The summed E-state index contributed by atoms with van der Waals surface area (Å²) in [7, 11) is 1.68. The van der Waals surface area contributed by atoms with E-state index >= 15 is 0 Å². The first kappa shape index (κ1) is 16.9. The van der Waals surface area contributed by atoms with E-state index in [0.29, 0.717) is 0 Å². The minimum Gasteiger partial charge on any atom is -0.496 e. The van der Waals surface area contributed by atoms with Gasteiger partial charge in [0.2, 0.25) is 0 Å². The van der Waals surface area contributed by atoms with Crippen molar-refractivity contribution in [3.63, 3.8) is 0 Å². The van der Waals surface area contributed by atoms with E-state index in [2.05, 4.69) is 49.0 Å². The molecule has 2 heteroatoms. The first-order chi connectivity index (χ1) is 13.3. The number of hydrogen-bond acceptors (Lipinski definition) is 2. The fourth-order valence-corrected chi connectivity index (χ4v) is 3.17. The first-order valence-electron chi connectivity index (χ1n) is 8.83. The standard InChI is InChI=1S/C25H20O2/c1-3-18-8-9-22-16-24(11-10-21(22)14-18)27-13-12-23-15-19-6-4-5-7-20(19)17-25(23)26-2/h3-17H,1H2,2H3/b13-12+. The highest BCUT2D eigenvalue weighted by Gasteiger charge is 2.03. The van der Waals surface area contributed by atoms with Gasteiger partial charge in [-0.15, -0.1) is 0 Å². The molecule has 0 aliphatic heterocycles. The number of hydrogen-bond donors (Lipinski definition) is 0. The lowest BCUT2D eigenvalue weighted by Gasteiger charge is -2.08. The van der Waals surface area contributed by atoms with Gasteiger partial charge < -0.3 is 9.47 Å². The second-order valence-corrected chi connectivity index (χ2v) is 6.33. The molecule has 0 saturated heterocycles. The van der Waals surface area contributed by atoms with Crippen molar-refractivity contribution in [1.29, 1.82) is 0 Å². The van der Waals surface area contributed by atoms with E-state index in [4.69, 9.17) is 9.47 Å². The molecule has 0 aliphatic rings. The Labute approximate surface area is 159 Å². The molecule has 0 aliphatic carbocycles. The van der Waals surface area contributed by atoms with Crippen LogP contribution in [0.3, 0.4) is 0 Å². The van der Waals surface area contributed by atoms with Gasteiger partial charge in [0, 0.05) is 5.56 Å². The third kappa shape index (κ3) is 3.56. The molecule has 4 rings (SSSR count). The number of rotatable bonds is 5. The highest BCUT2D eigenvalue weighted by Crippen LogP contribution is 2.27. The molecule has 132 valence electrons. The van der Waals surface area contributed by atoms with Crippen molar-refractivity contribution in [2.45, 2.75) is 0 Å². The molecular weight excluding hydrogens is 332 g/mol. The molecule has 0 spiro atoms. The van der Waals surface area contributed by atoms with Crippen molar-refractivity contribution in [3.05, 3.63) is 96.8 Å². The molecule has 0 radical (unpaired) electrons. The van der Waals surface area contributed by atoms with Gasteiger partial charge in [0.15, 0.2) is 0 Å². The third-order valence-electron chi connectivity index (χ3n) is 4.62. The van der Waals surface area contributed by atoms with Crippen LogP contribution in [-0.4, -0.2) is 7.11 Å². The van der Waals surface area contributed by atoms with Crippen molar-refractivity contribution in [2.24, 2.45) is 0 Å². The highest BCUT2D eigenvalue weighted by molar-refractivity contribution is 5.87. The molecule has 0 atom stereocenters. The van der Waals surface area contributed by atoms with Crippen molar-refractivity contribution >= 4 is 33.7 Å². The Balaban J connectivity index is 1.59. The molecule has 27 heavy (non-hydrogen) atoms. The minimum absolute atomic E-state index is 0.796. The third-order valence-corrected chi connectivity index (χ3v) is 4.62. The molecule has 0 bridgehead atoms. The van der Waals surface area contributed by atoms with E-state index in [-0.39, 0.29) is 0 Å². The molecule has 0 unspecified atom stereocenters.